The second-order valence-corrected chi connectivity index (χ2v) is 6.03. The van der Waals surface area contributed by atoms with Gasteiger partial charge in [-0.15, -0.1) is 0 Å². The van der Waals surface area contributed by atoms with Crippen molar-refractivity contribution in [3.8, 4) is 23.0 Å². The third-order valence-corrected chi connectivity index (χ3v) is 3.92. The molecular weight excluding hydrogens is 334 g/mol. The Hall–Kier alpha value is -2.44. The predicted molar refractivity (Wildman–Crippen MR) is 100 cm³/mol. The molecule has 0 heterocycles. The van der Waals surface area contributed by atoms with Crippen LogP contribution < -0.4 is 18.9 Å². The Morgan fingerprint density at radius 1 is 0.885 bits per heavy atom. The van der Waals surface area contributed by atoms with Crippen molar-refractivity contribution in [1.29, 1.82) is 0 Å². The molecule has 2 aromatic carbocycles. The highest BCUT2D eigenvalue weighted by atomic mass is 16.5. The van der Waals surface area contributed by atoms with Crippen molar-refractivity contribution in [3.63, 3.8) is 0 Å². The molecule has 6 nitrogen and oxygen atoms in total. The van der Waals surface area contributed by atoms with Gasteiger partial charge >= 0.3 is 0 Å². The van der Waals surface area contributed by atoms with Gasteiger partial charge in [0.05, 0.1) is 21.3 Å². The molecule has 0 aliphatic heterocycles. The molecule has 26 heavy (non-hydrogen) atoms. The molecule has 1 unspecified atom stereocenters. The maximum Gasteiger partial charge on any atom is 0.161 e. The van der Waals surface area contributed by atoms with E-state index >= 15 is 0 Å². The first kappa shape index (κ1) is 19.9. The van der Waals surface area contributed by atoms with Crippen molar-refractivity contribution in [3.05, 3.63) is 48.0 Å². The van der Waals surface area contributed by atoms with Crippen molar-refractivity contribution in [2.75, 3.05) is 41.5 Å². The Bertz CT molecular complexity index is 674. The molecule has 0 spiro atoms. The maximum atomic E-state index is 10.2. The highest BCUT2D eigenvalue weighted by Gasteiger charge is 2.11. The van der Waals surface area contributed by atoms with Gasteiger partial charge in [-0.3, -0.25) is 4.90 Å². The first-order valence-electron chi connectivity index (χ1n) is 8.40. The van der Waals surface area contributed by atoms with E-state index in [0.29, 0.717) is 30.3 Å². The number of hydrogen-bond donors (Lipinski definition) is 1. The number of methoxy groups -OCH3 is 3. The molecule has 1 N–H and O–H groups in total. The van der Waals surface area contributed by atoms with Gasteiger partial charge in [-0.1, -0.05) is 6.07 Å². The van der Waals surface area contributed by atoms with Crippen molar-refractivity contribution in [1.82, 2.24) is 4.90 Å². The standard InChI is InChI=1S/C20H27NO5/c1-21(12-15-5-10-19(24-3)20(11-15)25-4)13-16(22)14-26-18-8-6-17(23-2)7-9-18/h5-11,16,22H,12-14H2,1-4H3. The van der Waals surface area contributed by atoms with Crippen LogP contribution in [-0.4, -0.2) is 57.6 Å². The van der Waals surface area contributed by atoms with Crippen molar-refractivity contribution in [2.24, 2.45) is 0 Å². The molecule has 0 aliphatic carbocycles. The number of ether oxygens (including phenoxy) is 4. The molecular formula is C20H27NO5. The number of hydrogen-bond acceptors (Lipinski definition) is 6. The fourth-order valence-electron chi connectivity index (χ4n) is 2.63. The van der Waals surface area contributed by atoms with E-state index in [-0.39, 0.29) is 6.61 Å². The zero-order chi connectivity index (χ0) is 18.9. The Kier molecular flexibility index (Phi) is 7.56. The third kappa shape index (κ3) is 5.82. The SMILES string of the molecule is COc1ccc(OCC(O)CN(C)Cc2ccc(OC)c(OC)c2)cc1. The summed E-state index contributed by atoms with van der Waals surface area (Å²) in [6.07, 6.45) is -0.595. The Morgan fingerprint density at radius 3 is 2.15 bits per heavy atom. The van der Waals surface area contributed by atoms with Crippen LogP contribution in [0.3, 0.4) is 0 Å². The monoisotopic (exact) mass is 361 g/mol. The lowest BCUT2D eigenvalue weighted by molar-refractivity contribution is 0.0743. The van der Waals surface area contributed by atoms with Crippen LogP contribution >= 0.6 is 0 Å². The van der Waals surface area contributed by atoms with Gasteiger partial charge in [0.25, 0.3) is 0 Å². The lowest BCUT2D eigenvalue weighted by Gasteiger charge is -2.21. The van der Waals surface area contributed by atoms with Crippen LogP contribution in [-0.2, 0) is 6.54 Å². The predicted octanol–water partition coefficient (Wildman–Crippen LogP) is 2.58. The van der Waals surface area contributed by atoms with E-state index in [2.05, 4.69) is 0 Å². The molecule has 0 amide bonds. The average molecular weight is 361 g/mol. The summed E-state index contributed by atoms with van der Waals surface area (Å²) in [6, 6.07) is 13.1. The first-order chi connectivity index (χ1) is 12.5. The van der Waals surface area contributed by atoms with Crippen LogP contribution in [0.1, 0.15) is 5.56 Å². The van der Waals surface area contributed by atoms with Crippen molar-refractivity contribution < 1.29 is 24.1 Å². The fourth-order valence-corrected chi connectivity index (χ4v) is 2.63. The molecule has 142 valence electrons. The Labute approximate surface area is 154 Å². The van der Waals surface area contributed by atoms with Crippen molar-refractivity contribution in [2.45, 2.75) is 12.6 Å². The summed E-state index contributed by atoms with van der Waals surface area (Å²) in [7, 11) is 6.80. The lowest BCUT2D eigenvalue weighted by Crippen LogP contribution is -2.32. The van der Waals surface area contributed by atoms with E-state index in [1.165, 1.54) is 0 Å². The first-order valence-corrected chi connectivity index (χ1v) is 8.40. The molecule has 0 saturated carbocycles. The molecule has 2 aromatic rings. The maximum absolute atomic E-state index is 10.2. The molecule has 0 saturated heterocycles. The summed E-state index contributed by atoms with van der Waals surface area (Å²) in [5.41, 5.74) is 1.08. The van der Waals surface area contributed by atoms with Gasteiger partial charge in [0.1, 0.15) is 24.2 Å². The quantitative estimate of drug-likeness (QED) is 0.702. The zero-order valence-corrected chi connectivity index (χ0v) is 15.8. The van der Waals surface area contributed by atoms with Crippen LogP contribution in [0.2, 0.25) is 0 Å². The molecule has 0 radical (unpaired) electrons. The molecule has 0 bridgehead atoms. The van der Waals surface area contributed by atoms with Gasteiger partial charge < -0.3 is 24.1 Å². The van der Waals surface area contributed by atoms with E-state index in [1.807, 2.05) is 54.4 Å². The minimum atomic E-state index is -0.595. The number of rotatable bonds is 10. The van der Waals surface area contributed by atoms with Crippen LogP contribution in [0.15, 0.2) is 42.5 Å². The van der Waals surface area contributed by atoms with Crippen LogP contribution in [0.5, 0.6) is 23.0 Å². The number of aliphatic hydroxyl groups excluding tert-OH is 1. The van der Waals surface area contributed by atoms with Crippen molar-refractivity contribution >= 4 is 0 Å². The summed E-state index contributed by atoms with van der Waals surface area (Å²) < 4.78 is 21.3. The number of aliphatic hydroxyl groups is 1. The average Bonchev–Trinajstić information content (AvgIpc) is 2.66. The molecule has 0 aromatic heterocycles. The number of likely N-dealkylation sites (N-methyl/N-ethyl adjacent to an activating group) is 1. The highest BCUT2D eigenvalue weighted by molar-refractivity contribution is 5.42. The van der Waals surface area contributed by atoms with E-state index in [0.717, 1.165) is 11.3 Å². The van der Waals surface area contributed by atoms with E-state index in [9.17, 15) is 5.11 Å². The van der Waals surface area contributed by atoms with Gasteiger partial charge in [0.15, 0.2) is 11.5 Å². The number of benzene rings is 2. The normalized spacial score (nSPS) is 11.9. The largest absolute Gasteiger partial charge is 0.497 e. The Morgan fingerprint density at radius 2 is 1.54 bits per heavy atom. The molecule has 1 atom stereocenters. The summed E-state index contributed by atoms with van der Waals surface area (Å²) in [6.45, 7) is 1.40. The van der Waals surface area contributed by atoms with E-state index in [4.69, 9.17) is 18.9 Å². The number of nitrogens with zero attached hydrogens (tertiary/aromatic N) is 1. The third-order valence-electron chi connectivity index (χ3n) is 3.92. The van der Waals surface area contributed by atoms with Crippen LogP contribution in [0.4, 0.5) is 0 Å². The molecule has 2 rings (SSSR count). The Balaban J connectivity index is 1.81. The second kappa shape index (κ2) is 9.89. The van der Waals surface area contributed by atoms with Crippen LogP contribution in [0, 0.1) is 0 Å². The second-order valence-electron chi connectivity index (χ2n) is 6.03. The van der Waals surface area contributed by atoms with E-state index < -0.39 is 6.10 Å². The lowest BCUT2D eigenvalue weighted by atomic mass is 10.2. The topological polar surface area (TPSA) is 60.4 Å². The summed E-state index contributed by atoms with van der Waals surface area (Å²) in [5, 5.41) is 10.2. The summed E-state index contributed by atoms with van der Waals surface area (Å²) >= 11 is 0. The highest BCUT2D eigenvalue weighted by Crippen LogP contribution is 2.28. The van der Waals surface area contributed by atoms with Gasteiger partial charge in [0.2, 0.25) is 0 Å². The van der Waals surface area contributed by atoms with Crippen LogP contribution in [0.25, 0.3) is 0 Å². The summed E-state index contributed by atoms with van der Waals surface area (Å²) in [4.78, 5) is 2.03. The zero-order valence-electron chi connectivity index (χ0n) is 15.8. The fraction of sp³-hybridized carbons (Fsp3) is 0.400. The molecule has 6 heteroatoms. The van der Waals surface area contributed by atoms with Gasteiger partial charge in [0, 0.05) is 13.1 Å². The van der Waals surface area contributed by atoms with E-state index in [1.54, 1.807) is 21.3 Å². The van der Waals surface area contributed by atoms with Gasteiger partial charge in [-0.25, -0.2) is 0 Å². The minimum absolute atomic E-state index is 0.225. The van der Waals surface area contributed by atoms with Gasteiger partial charge in [-0.2, -0.15) is 0 Å². The molecule has 0 fully saturated rings. The smallest absolute Gasteiger partial charge is 0.161 e. The summed E-state index contributed by atoms with van der Waals surface area (Å²) in [5.74, 6) is 2.87. The van der Waals surface area contributed by atoms with Gasteiger partial charge in [-0.05, 0) is 49.0 Å². The minimum Gasteiger partial charge on any atom is -0.497 e. The molecule has 0 aliphatic rings.